The normalized spacial score (nSPS) is 14.4. The summed E-state index contributed by atoms with van der Waals surface area (Å²) in [5.74, 6) is -4.59. The summed E-state index contributed by atoms with van der Waals surface area (Å²) in [6.45, 7) is 14.9. The van der Waals surface area contributed by atoms with E-state index >= 15 is 0 Å². The van der Waals surface area contributed by atoms with Crippen molar-refractivity contribution in [3.05, 3.63) is 0 Å². The lowest BCUT2D eigenvalue weighted by Gasteiger charge is -2.29. The van der Waals surface area contributed by atoms with Crippen LogP contribution in [0.3, 0.4) is 0 Å². The summed E-state index contributed by atoms with van der Waals surface area (Å²) in [4.78, 5) is 109. The van der Waals surface area contributed by atoms with E-state index in [0.29, 0.717) is 96.8 Å². The zero-order chi connectivity index (χ0) is 53.0. The molecule has 8 amide bonds. The topological polar surface area (TPSA) is 351 Å². The van der Waals surface area contributed by atoms with Crippen LogP contribution in [0.25, 0.3) is 0 Å². The number of primary amides is 1. The standard InChI is InChI=1S/C50H98N12O8/c1-8-9-10-11-12-25-43(63)56-41(31-34(4)5)49(69)59-36(21-13-17-26-51)45(65)58-39(24-16-20-29-54)48(68)62-42(32-35(6)7)50(70)60-37(22-14-18-27-52)46(66)57-38(23-15-19-28-53)47(67)61-40(44(55)64)30-33(2)3/h33-42H,8-32,51-54H2,1-7H3,(H2,55,64)(H,56,63)(H,57,66)(H,58,65)(H,59,69)(H,60,70)(H,61,67)(H,62,68)/t36-,37-,38-,39-,40-,41-,42-/m0/s1. The minimum Gasteiger partial charge on any atom is -0.368 e. The van der Waals surface area contributed by atoms with Gasteiger partial charge in [0.25, 0.3) is 0 Å². The van der Waals surface area contributed by atoms with Crippen molar-refractivity contribution in [1.82, 2.24) is 37.2 Å². The molecular weight excluding hydrogens is 897 g/mol. The number of carbonyl (C=O) groups is 8. The Morgan fingerprint density at radius 3 is 0.914 bits per heavy atom. The van der Waals surface area contributed by atoms with Crippen LogP contribution < -0.4 is 65.9 Å². The van der Waals surface area contributed by atoms with Crippen molar-refractivity contribution in [3.63, 3.8) is 0 Å². The third-order valence-corrected chi connectivity index (χ3v) is 11.9. The minimum absolute atomic E-state index is 0.0431. The summed E-state index contributed by atoms with van der Waals surface area (Å²) in [5.41, 5.74) is 28.7. The van der Waals surface area contributed by atoms with E-state index in [-0.39, 0.29) is 62.2 Å². The number of hydrogen-bond acceptors (Lipinski definition) is 12. The van der Waals surface area contributed by atoms with E-state index in [2.05, 4.69) is 44.1 Å². The number of nitrogens with one attached hydrogen (secondary N) is 7. The first kappa shape index (κ1) is 65.6. The maximum absolute atomic E-state index is 14.3. The molecule has 0 unspecified atom stereocenters. The van der Waals surface area contributed by atoms with Crippen LogP contribution in [0, 0.1) is 17.8 Å². The second kappa shape index (κ2) is 39.2. The molecule has 0 heterocycles. The van der Waals surface area contributed by atoms with Crippen LogP contribution in [0.15, 0.2) is 0 Å². The lowest BCUT2D eigenvalue weighted by atomic mass is 9.99. The van der Waals surface area contributed by atoms with Gasteiger partial charge in [-0.2, -0.15) is 0 Å². The average Bonchev–Trinajstić information content (AvgIpc) is 3.28. The van der Waals surface area contributed by atoms with E-state index in [0.717, 1.165) is 25.7 Å². The Morgan fingerprint density at radius 1 is 0.343 bits per heavy atom. The van der Waals surface area contributed by atoms with Crippen LogP contribution in [0.1, 0.15) is 183 Å². The molecule has 0 aliphatic carbocycles. The van der Waals surface area contributed by atoms with Crippen molar-refractivity contribution in [1.29, 1.82) is 0 Å². The van der Waals surface area contributed by atoms with Gasteiger partial charge in [0.15, 0.2) is 0 Å². The molecule has 406 valence electrons. The Labute approximate surface area is 419 Å². The smallest absolute Gasteiger partial charge is 0.243 e. The maximum atomic E-state index is 14.3. The highest BCUT2D eigenvalue weighted by Gasteiger charge is 2.34. The Morgan fingerprint density at radius 2 is 0.614 bits per heavy atom. The average molecular weight is 995 g/mol. The molecule has 0 spiro atoms. The van der Waals surface area contributed by atoms with E-state index in [4.69, 9.17) is 28.7 Å². The Hall–Kier alpha value is -4.40. The largest absolute Gasteiger partial charge is 0.368 e. The second-order valence-electron chi connectivity index (χ2n) is 20.1. The number of hydrogen-bond donors (Lipinski definition) is 12. The number of amides is 8. The van der Waals surface area contributed by atoms with Gasteiger partial charge in [0.2, 0.25) is 47.3 Å². The Kier molecular flexibility index (Phi) is 36.8. The van der Waals surface area contributed by atoms with Gasteiger partial charge >= 0.3 is 0 Å². The molecule has 0 saturated heterocycles. The highest BCUT2D eigenvalue weighted by atomic mass is 16.2. The predicted molar refractivity (Wildman–Crippen MR) is 276 cm³/mol. The van der Waals surface area contributed by atoms with Gasteiger partial charge in [-0.1, -0.05) is 74.1 Å². The van der Waals surface area contributed by atoms with Gasteiger partial charge < -0.3 is 65.9 Å². The van der Waals surface area contributed by atoms with Crippen LogP contribution >= 0.6 is 0 Å². The molecule has 20 heteroatoms. The van der Waals surface area contributed by atoms with Crippen LogP contribution in [0.4, 0.5) is 0 Å². The van der Waals surface area contributed by atoms with E-state index in [1.54, 1.807) is 0 Å². The maximum Gasteiger partial charge on any atom is 0.243 e. The van der Waals surface area contributed by atoms with E-state index in [9.17, 15) is 38.4 Å². The molecular formula is C50H98N12O8. The third kappa shape index (κ3) is 30.4. The molecule has 20 nitrogen and oxygen atoms in total. The number of unbranched alkanes of at least 4 members (excludes halogenated alkanes) is 8. The van der Waals surface area contributed by atoms with Gasteiger partial charge in [-0.25, -0.2) is 0 Å². The summed E-state index contributed by atoms with van der Waals surface area (Å²) >= 11 is 0. The van der Waals surface area contributed by atoms with Crippen molar-refractivity contribution in [2.45, 2.75) is 226 Å². The monoisotopic (exact) mass is 995 g/mol. The van der Waals surface area contributed by atoms with E-state index in [1.807, 2.05) is 41.5 Å². The zero-order valence-electron chi connectivity index (χ0n) is 44.1. The van der Waals surface area contributed by atoms with Crippen LogP contribution in [-0.4, -0.2) is 116 Å². The molecule has 0 aromatic heterocycles. The first-order chi connectivity index (χ1) is 33.2. The molecule has 70 heavy (non-hydrogen) atoms. The first-order valence-corrected chi connectivity index (χ1v) is 26.5. The molecule has 0 aromatic rings. The summed E-state index contributed by atoms with van der Waals surface area (Å²) in [7, 11) is 0. The highest BCUT2D eigenvalue weighted by Crippen LogP contribution is 2.14. The number of nitrogens with two attached hydrogens (primary N) is 5. The molecule has 0 saturated carbocycles. The molecule has 0 aliphatic rings. The van der Waals surface area contributed by atoms with Gasteiger partial charge in [0.1, 0.15) is 42.3 Å². The predicted octanol–water partition coefficient (Wildman–Crippen LogP) is 1.88. The quantitative estimate of drug-likeness (QED) is 0.0390. The number of carbonyl (C=O) groups excluding carboxylic acids is 8. The van der Waals surface area contributed by atoms with Crippen molar-refractivity contribution in [2.24, 2.45) is 46.4 Å². The third-order valence-electron chi connectivity index (χ3n) is 11.9. The van der Waals surface area contributed by atoms with E-state index in [1.165, 1.54) is 0 Å². The molecule has 7 atom stereocenters. The van der Waals surface area contributed by atoms with Crippen LogP contribution in [0.2, 0.25) is 0 Å². The molecule has 0 aliphatic heterocycles. The molecule has 0 rings (SSSR count). The summed E-state index contributed by atoms with van der Waals surface area (Å²) < 4.78 is 0. The van der Waals surface area contributed by atoms with Gasteiger partial charge in [0, 0.05) is 6.42 Å². The first-order valence-electron chi connectivity index (χ1n) is 26.5. The molecule has 0 bridgehead atoms. The zero-order valence-corrected chi connectivity index (χ0v) is 44.1. The fourth-order valence-electron chi connectivity index (χ4n) is 7.96. The Balaban J connectivity index is 6.61. The summed E-state index contributed by atoms with van der Waals surface area (Å²) in [5, 5.41) is 19.7. The molecule has 0 radical (unpaired) electrons. The van der Waals surface area contributed by atoms with Crippen LogP contribution in [0.5, 0.6) is 0 Å². The lowest BCUT2D eigenvalue weighted by Crippen LogP contribution is -2.60. The SMILES string of the molecule is CCCCCCCC(=O)N[C@@H](CC(C)C)C(=O)N[C@@H](CCCCN)C(=O)N[C@@H](CCCCN)C(=O)N[C@@H](CC(C)C)C(=O)N[C@@H](CCCCN)C(=O)N[C@@H](CCCCN)C(=O)N[C@@H](CC(C)C)C(N)=O. The van der Waals surface area contributed by atoms with Crippen molar-refractivity contribution < 1.29 is 38.4 Å². The van der Waals surface area contributed by atoms with E-state index < -0.39 is 83.6 Å². The fraction of sp³-hybridized carbons (Fsp3) is 0.840. The second-order valence-corrected chi connectivity index (χ2v) is 20.1. The molecule has 0 aromatic carbocycles. The van der Waals surface area contributed by atoms with Gasteiger partial charge in [-0.05, 0) is 147 Å². The van der Waals surface area contributed by atoms with Crippen LogP contribution in [-0.2, 0) is 38.4 Å². The Bertz CT molecular complexity index is 1530. The van der Waals surface area contributed by atoms with Crippen molar-refractivity contribution >= 4 is 47.3 Å². The summed E-state index contributed by atoms with van der Waals surface area (Å²) in [6.07, 6.45) is 10.9. The number of rotatable bonds is 42. The van der Waals surface area contributed by atoms with Crippen molar-refractivity contribution in [2.75, 3.05) is 26.2 Å². The van der Waals surface area contributed by atoms with Gasteiger partial charge in [-0.3, -0.25) is 38.4 Å². The highest BCUT2D eigenvalue weighted by molar-refractivity contribution is 5.97. The van der Waals surface area contributed by atoms with Gasteiger partial charge in [-0.15, -0.1) is 0 Å². The minimum atomic E-state index is -1.14. The van der Waals surface area contributed by atoms with Gasteiger partial charge in [0.05, 0.1) is 0 Å². The summed E-state index contributed by atoms with van der Waals surface area (Å²) in [6, 6.07) is -7.38. The lowest BCUT2D eigenvalue weighted by molar-refractivity contribution is -0.136. The fourth-order valence-corrected chi connectivity index (χ4v) is 7.96. The molecule has 0 fully saturated rings. The molecule has 17 N–H and O–H groups in total. The van der Waals surface area contributed by atoms with Crippen molar-refractivity contribution in [3.8, 4) is 0 Å².